The van der Waals surface area contributed by atoms with Gasteiger partial charge in [0.2, 0.25) is 5.91 Å². The molecule has 2 aliphatic heterocycles. The molecule has 1 N–H and O–H groups in total. The molecular formula is C21H26N4O3S. The first-order valence-electron chi connectivity index (χ1n) is 10.0. The maximum Gasteiger partial charge on any atom is 0.257 e. The van der Waals surface area contributed by atoms with E-state index in [2.05, 4.69) is 15.2 Å². The van der Waals surface area contributed by atoms with Crippen LogP contribution in [-0.4, -0.2) is 47.5 Å². The minimum atomic E-state index is -0.265. The first-order chi connectivity index (χ1) is 14.1. The summed E-state index contributed by atoms with van der Waals surface area (Å²) in [6.07, 6.45) is 0.648. The number of fused-ring (bicyclic) bond motifs is 1. The van der Waals surface area contributed by atoms with E-state index in [1.807, 2.05) is 38.1 Å². The second-order valence-corrected chi connectivity index (χ2v) is 8.36. The summed E-state index contributed by atoms with van der Waals surface area (Å²) in [5.41, 5.74) is 3.41. The lowest BCUT2D eigenvalue weighted by atomic mass is 10.1. The Morgan fingerprint density at radius 3 is 2.69 bits per heavy atom. The second kappa shape index (κ2) is 8.59. The van der Waals surface area contributed by atoms with Crippen LogP contribution in [-0.2, 0) is 22.5 Å². The first-order valence-corrected chi connectivity index (χ1v) is 11.0. The molecule has 2 aliphatic rings. The number of aromatic nitrogens is 2. The zero-order valence-corrected chi connectivity index (χ0v) is 17.6. The van der Waals surface area contributed by atoms with Gasteiger partial charge in [-0.1, -0.05) is 18.7 Å². The predicted octanol–water partition coefficient (Wildman–Crippen LogP) is 2.31. The van der Waals surface area contributed by atoms with Crippen LogP contribution < -0.4 is 15.8 Å². The van der Waals surface area contributed by atoms with E-state index in [4.69, 9.17) is 4.74 Å². The van der Waals surface area contributed by atoms with Gasteiger partial charge < -0.3 is 15.0 Å². The van der Waals surface area contributed by atoms with Gasteiger partial charge in [-0.3, -0.25) is 14.2 Å². The van der Waals surface area contributed by atoms with E-state index < -0.39 is 0 Å². The zero-order chi connectivity index (χ0) is 20.4. The monoisotopic (exact) mass is 414 g/mol. The number of ether oxygens (including phenoxy) is 1. The quantitative estimate of drug-likeness (QED) is 0.774. The Kier molecular flexibility index (Phi) is 5.91. The molecular weight excluding hydrogens is 388 g/mol. The maximum absolute atomic E-state index is 12.8. The van der Waals surface area contributed by atoms with Crippen molar-refractivity contribution in [1.29, 1.82) is 0 Å². The SMILES string of the molecule is CCc1c(C)nc2n(c1=O)CC(C(=O)Nc1ccc(N3CCOCC3)cc1)CS2. The maximum atomic E-state index is 12.8. The number of aryl methyl sites for hydroxylation is 1. The molecule has 0 aliphatic carbocycles. The molecule has 8 heteroatoms. The van der Waals surface area contributed by atoms with Gasteiger partial charge in [0.15, 0.2) is 5.16 Å². The number of carbonyl (C=O) groups excluding carboxylic acids is 1. The van der Waals surface area contributed by atoms with Crippen molar-refractivity contribution in [1.82, 2.24) is 9.55 Å². The largest absolute Gasteiger partial charge is 0.378 e. The van der Waals surface area contributed by atoms with Crippen LogP contribution in [0, 0.1) is 12.8 Å². The van der Waals surface area contributed by atoms with Crippen LogP contribution in [0.4, 0.5) is 11.4 Å². The average Bonchev–Trinajstić information content (AvgIpc) is 2.75. The van der Waals surface area contributed by atoms with Crippen LogP contribution in [0.15, 0.2) is 34.2 Å². The summed E-state index contributed by atoms with van der Waals surface area (Å²) in [6, 6.07) is 7.91. The number of hydrogen-bond donors (Lipinski definition) is 1. The fourth-order valence-electron chi connectivity index (χ4n) is 3.78. The summed E-state index contributed by atoms with van der Waals surface area (Å²) < 4.78 is 7.05. The Morgan fingerprint density at radius 1 is 1.28 bits per heavy atom. The van der Waals surface area contributed by atoms with Gasteiger partial charge in [-0.25, -0.2) is 4.98 Å². The standard InChI is InChI=1S/C21H26N4O3S/c1-3-18-14(2)22-21-25(20(18)27)12-15(13-29-21)19(26)23-16-4-6-17(7-5-16)24-8-10-28-11-9-24/h4-7,15H,3,8-13H2,1-2H3,(H,23,26). The highest BCUT2D eigenvalue weighted by Crippen LogP contribution is 2.27. The summed E-state index contributed by atoms with van der Waals surface area (Å²) in [5.74, 6) is 0.292. The van der Waals surface area contributed by atoms with Crippen molar-refractivity contribution in [2.24, 2.45) is 5.92 Å². The Labute approximate surface area is 174 Å². The zero-order valence-electron chi connectivity index (χ0n) is 16.8. The number of amides is 1. The van der Waals surface area contributed by atoms with Gasteiger partial charge in [-0.15, -0.1) is 0 Å². The minimum absolute atomic E-state index is 0.0186. The molecule has 0 spiro atoms. The molecule has 7 nitrogen and oxygen atoms in total. The molecule has 2 aromatic rings. The number of benzene rings is 1. The van der Waals surface area contributed by atoms with Crippen molar-refractivity contribution >= 4 is 29.0 Å². The van der Waals surface area contributed by atoms with Gasteiger partial charge in [0.05, 0.1) is 19.1 Å². The summed E-state index contributed by atoms with van der Waals surface area (Å²) in [6.45, 7) is 7.46. The molecule has 1 unspecified atom stereocenters. The highest BCUT2D eigenvalue weighted by molar-refractivity contribution is 7.99. The fourth-order valence-corrected chi connectivity index (χ4v) is 4.90. The molecule has 1 fully saturated rings. The predicted molar refractivity (Wildman–Crippen MR) is 115 cm³/mol. The third-order valence-electron chi connectivity index (χ3n) is 5.49. The van der Waals surface area contributed by atoms with E-state index in [0.717, 1.165) is 48.9 Å². The molecule has 1 aromatic heterocycles. The molecule has 0 radical (unpaired) electrons. The fraction of sp³-hybridized carbons (Fsp3) is 0.476. The second-order valence-electron chi connectivity index (χ2n) is 7.37. The van der Waals surface area contributed by atoms with E-state index in [9.17, 15) is 9.59 Å². The summed E-state index contributed by atoms with van der Waals surface area (Å²) in [5, 5.41) is 3.71. The Bertz CT molecular complexity index is 952. The van der Waals surface area contributed by atoms with E-state index in [0.29, 0.717) is 23.9 Å². The summed E-state index contributed by atoms with van der Waals surface area (Å²) in [4.78, 5) is 32.4. The number of thioether (sulfide) groups is 1. The molecule has 1 saturated heterocycles. The molecule has 154 valence electrons. The molecule has 0 bridgehead atoms. The minimum Gasteiger partial charge on any atom is -0.378 e. The Morgan fingerprint density at radius 2 is 2.00 bits per heavy atom. The van der Waals surface area contributed by atoms with Gasteiger partial charge >= 0.3 is 0 Å². The molecule has 3 heterocycles. The molecule has 1 atom stereocenters. The van der Waals surface area contributed by atoms with Crippen molar-refractivity contribution in [3.05, 3.63) is 45.9 Å². The van der Waals surface area contributed by atoms with Crippen molar-refractivity contribution in [3.8, 4) is 0 Å². The van der Waals surface area contributed by atoms with Crippen LogP contribution in [0.2, 0.25) is 0 Å². The van der Waals surface area contributed by atoms with Gasteiger partial charge in [0.25, 0.3) is 5.56 Å². The number of carbonyl (C=O) groups is 1. The number of morpholine rings is 1. The van der Waals surface area contributed by atoms with Crippen LogP contribution >= 0.6 is 11.8 Å². The first kappa shape index (κ1) is 20.0. The number of anilines is 2. The van der Waals surface area contributed by atoms with Gasteiger partial charge in [0.1, 0.15) is 0 Å². The summed E-state index contributed by atoms with van der Waals surface area (Å²) >= 11 is 1.48. The topological polar surface area (TPSA) is 76.5 Å². The Hall–Kier alpha value is -2.32. The van der Waals surface area contributed by atoms with E-state index in [-0.39, 0.29) is 17.4 Å². The van der Waals surface area contributed by atoms with Crippen LogP contribution in [0.25, 0.3) is 0 Å². The third kappa shape index (κ3) is 4.18. The van der Waals surface area contributed by atoms with E-state index >= 15 is 0 Å². The van der Waals surface area contributed by atoms with E-state index in [1.165, 1.54) is 11.8 Å². The third-order valence-corrected chi connectivity index (χ3v) is 6.63. The van der Waals surface area contributed by atoms with Crippen molar-refractivity contribution in [2.75, 3.05) is 42.3 Å². The number of hydrogen-bond acceptors (Lipinski definition) is 6. The van der Waals surface area contributed by atoms with Crippen LogP contribution in [0.5, 0.6) is 0 Å². The molecule has 1 amide bonds. The van der Waals surface area contributed by atoms with Crippen molar-refractivity contribution < 1.29 is 9.53 Å². The highest BCUT2D eigenvalue weighted by Gasteiger charge is 2.28. The van der Waals surface area contributed by atoms with Gasteiger partial charge in [0, 0.05) is 48.0 Å². The lowest BCUT2D eigenvalue weighted by Gasteiger charge is -2.29. The highest BCUT2D eigenvalue weighted by atomic mass is 32.2. The summed E-state index contributed by atoms with van der Waals surface area (Å²) in [7, 11) is 0. The van der Waals surface area contributed by atoms with Crippen molar-refractivity contribution in [3.63, 3.8) is 0 Å². The smallest absolute Gasteiger partial charge is 0.257 e. The van der Waals surface area contributed by atoms with Gasteiger partial charge in [-0.05, 0) is 37.6 Å². The number of nitrogens with zero attached hydrogens (tertiary/aromatic N) is 3. The normalized spacial score (nSPS) is 19.0. The van der Waals surface area contributed by atoms with Crippen LogP contribution in [0.3, 0.4) is 0 Å². The molecule has 0 saturated carbocycles. The Balaban J connectivity index is 1.44. The van der Waals surface area contributed by atoms with Gasteiger partial charge in [-0.2, -0.15) is 0 Å². The molecule has 4 rings (SSSR count). The lowest BCUT2D eigenvalue weighted by Crippen LogP contribution is -2.38. The number of nitrogens with one attached hydrogen (secondary N) is 1. The van der Waals surface area contributed by atoms with Crippen molar-refractivity contribution in [2.45, 2.75) is 32.0 Å². The number of rotatable bonds is 4. The van der Waals surface area contributed by atoms with E-state index in [1.54, 1.807) is 4.57 Å². The average molecular weight is 415 g/mol. The molecule has 1 aromatic carbocycles. The van der Waals surface area contributed by atoms with Crippen LogP contribution in [0.1, 0.15) is 18.2 Å². The lowest BCUT2D eigenvalue weighted by molar-refractivity contribution is -0.119. The molecule has 29 heavy (non-hydrogen) atoms.